The summed E-state index contributed by atoms with van der Waals surface area (Å²) >= 11 is 0. The van der Waals surface area contributed by atoms with Crippen LogP contribution in [0, 0.1) is 5.41 Å². The standard InChI is InChI=1S/C21H20N2O2/c1-21(2,3)20(25)22-16-10-8-14(9-11-16)19-12-15(13-24)17-6-4-5-7-18(17)23-19/h4-13H,1-3H3,(H,22,25). The molecule has 2 aromatic carbocycles. The summed E-state index contributed by atoms with van der Waals surface area (Å²) in [4.78, 5) is 28.1. The minimum Gasteiger partial charge on any atom is -0.326 e. The second-order valence-corrected chi connectivity index (χ2v) is 7.01. The first-order valence-electron chi connectivity index (χ1n) is 8.15. The predicted octanol–water partition coefficient (Wildman–Crippen LogP) is 4.70. The lowest BCUT2D eigenvalue weighted by atomic mass is 9.95. The number of aromatic nitrogens is 1. The molecule has 0 atom stereocenters. The van der Waals surface area contributed by atoms with Gasteiger partial charge >= 0.3 is 0 Å². The maximum absolute atomic E-state index is 12.1. The number of para-hydroxylation sites is 1. The van der Waals surface area contributed by atoms with E-state index in [0.29, 0.717) is 5.56 Å². The molecule has 0 bridgehead atoms. The summed E-state index contributed by atoms with van der Waals surface area (Å²) in [7, 11) is 0. The van der Waals surface area contributed by atoms with Crippen molar-refractivity contribution in [2.45, 2.75) is 20.8 Å². The van der Waals surface area contributed by atoms with E-state index in [1.807, 2.05) is 69.3 Å². The number of hydrogen-bond acceptors (Lipinski definition) is 3. The lowest BCUT2D eigenvalue weighted by Crippen LogP contribution is -2.27. The minimum absolute atomic E-state index is 0.0349. The molecule has 0 aliphatic rings. The number of carbonyl (C=O) groups excluding carboxylic acids is 2. The number of nitrogens with zero attached hydrogens (tertiary/aromatic N) is 1. The van der Waals surface area contributed by atoms with Gasteiger partial charge in [-0.25, -0.2) is 4.98 Å². The number of hydrogen-bond donors (Lipinski definition) is 1. The van der Waals surface area contributed by atoms with Gasteiger partial charge in [0.05, 0.1) is 11.2 Å². The molecule has 1 amide bonds. The van der Waals surface area contributed by atoms with E-state index in [-0.39, 0.29) is 5.91 Å². The number of pyridine rings is 1. The first-order valence-corrected chi connectivity index (χ1v) is 8.15. The van der Waals surface area contributed by atoms with Gasteiger partial charge in [0, 0.05) is 27.6 Å². The zero-order valence-electron chi connectivity index (χ0n) is 14.5. The number of fused-ring (bicyclic) bond motifs is 1. The minimum atomic E-state index is -0.447. The van der Waals surface area contributed by atoms with Crippen molar-refractivity contribution in [3.63, 3.8) is 0 Å². The smallest absolute Gasteiger partial charge is 0.229 e. The van der Waals surface area contributed by atoms with Crippen molar-refractivity contribution in [1.82, 2.24) is 4.98 Å². The van der Waals surface area contributed by atoms with Crippen LogP contribution >= 0.6 is 0 Å². The highest BCUT2D eigenvalue weighted by atomic mass is 16.2. The lowest BCUT2D eigenvalue weighted by molar-refractivity contribution is -0.123. The Labute approximate surface area is 146 Å². The Morgan fingerprint density at radius 3 is 2.36 bits per heavy atom. The van der Waals surface area contributed by atoms with Crippen molar-refractivity contribution >= 4 is 28.8 Å². The number of nitrogens with one attached hydrogen (secondary N) is 1. The fraction of sp³-hybridized carbons (Fsp3) is 0.190. The van der Waals surface area contributed by atoms with Crippen LogP contribution in [0.4, 0.5) is 5.69 Å². The maximum atomic E-state index is 12.1. The molecule has 0 aliphatic heterocycles. The fourth-order valence-electron chi connectivity index (χ4n) is 2.49. The highest BCUT2D eigenvalue weighted by Gasteiger charge is 2.21. The molecule has 4 heteroatoms. The number of amides is 1. The van der Waals surface area contributed by atoms with Crippen LogP contribution in [0.5, 0.6) is 0 Å². The zero-order valence-corrected chi connectivity index (χ0v) is 14.5. The third kappa shape index (κ3) is 3.58. The van der Waals surface area contributed by atoms with Gasteiger partial charge in [-0.2, -0.15) is 0 Å². The summed E-state index contributed by atoms with van der Waals surface area (Å²) in [5, 5.41) is 3.74. The normalized spacial score (nSPS) is 11.3. The van der Waals surface area contributed by atoms with Gasteiger partial charge in [0.1, 0.15) is 0 Å². The molecule has 3 aromatic rings. The SMILES string of the molecule is CC(C)(C)C(=O)Nc1ccc(-c2cc(C=O)c3ccccc3n2)cc1. The lowest BCUT2D eigenvalue weighted by Gasteiger charge is -2.17. The van der Waals surface area contributed by atoms with E-state index in [9.17, 15) is 9.59 Å². The van der Waals surface area contributed by atoms with Crippen molar-refractivity contribution in [3.05, 3.63) is 60.2 Å². The Kier molecular flexibility index (Phi) is 4.36. The number of benzene rings is 2. The number of carbonyl (C=O) groups is 2. The van der Waals surface area contributed by atoms with Gasteiger partial charge < -0.3 is 5.32 Å². The third-order valence-corrected chi connectivity index (χ3v) is 3.99. The monoisotopic (exact) mass is 332 g/mol. The van der Waals surface area contributed by atoms with Gasteiger partial charge in [-0.15, -0.1) is 0 Å². The van der Waals surface area contributed by atoms with Crippen molar-refractivity contribution in [2.24, 2.45) is 5.41 Å². The number of anilines is 1. The second kappa shape index (κ2) is 6.48. The summed E-state index contributed by atoms with van der Waals surface area (Å²) in [6, 6.07) is 16.8. The van der Waals surface area contributed by atoms with Gasteiger partial charge in [0.15, 0.2) is 6.29 Å². The van der Waals surface area contributed by atoms with Crippen LogP contribution in [-0.4, -0.2) is 17.2 Å². The van der Waals surface area contributed by atoms with E-state index in [2.05, 4.69) is 10.3 Å². The van der Waals surface area contributed by atoms with E-state index < -0.39 is 5.41 Å². The van der Waals surface area contributed by atoms with Gasteiger partial charge in [-0.3, -0.25) is 9.59 Å². The van der Waals surface area contributed by atoms with E-state index in [4.69, 9.17) is 0 Å². The molecule has 0 spiro atoms. The molecule has 0 saturated heterocycles. The molecule has 0 radical (unpaired) electrons. The van der Waals surface area contributed by atoms with Crippen molar-refractivity contribution in [1.29, 1.82) is 0 Å². The van der Waals surface area contributed by atoms with Crippen LogP contribution < -0.4 is 5.32 Å². The van der Waals surface area contributed by atoms with E-state index in [0.717, 1.165) is 34.1 Å². The average molecular weight is 332 g/mol. The predicted molar refractivity (Wildman–Crippen MR) is 101 cm³/mol. The average Bonchev–Trinajstić information content (AvgIpc) is 2.60. The third-order valence-electron chi connectivity index (χ3n) is 3.99. The highest BCUT2D eigenvalue weighted by molar-refractivity contribution is 5.98. The van der Waals surface area contributed by atoms with Crippen LogP contribution in [0.25, 0.3) is 22.2 Å². The van der Waals surface area contributed by atoms with E-state index in [1.165, 1.54) is 0 Å². The first-order chi connectivity index (χ1) is 11.9. The molecular weight excluding hydrogens is 312 g/mol. The van der Waals surface area contributed by atoms with Gasteiger partial charge in [0.25, 0.3) is 0 Å². The summed E-state index contributed by atoms with van der Waals surface area (Å²) < 4.78 is 0. The largest absolute Gasteiger partial charge is 0.326 e. The molecule has 1 aromatic heterocycles. The fourth-order valence-corrected chi connectivity index (χ4v) is 2.49. The molecule has 0 fully saturated rings. The Bertz CT molecular complexity index is 938. The molecular formula is C21H20N2O2. The van der Waals surface area contributed by atoms with Crippen LogP contribution in [0.3, 0.4) is 0 Å². The molecule has 1 heterocycles. The Morgan fingerprint density at radius 2 is 1.72 bits per heavy atom. The topological polar surface area (TPSA) is 59.1 Å². The van der Waals surface area contributed by atoms with Crippen molar-refractivity contribution in [3.8, 4) is 11.3 Å². The van der Waals surface area contributed by atoms with Gasteiger partial charge in [-0.1, -0.05) is 51.1 Å². The van der Waals surface area contributed by atoms with Crippen LogP contribution in [0.15, 0.2) is 54.6 Å². The first kappa shape index (κ1) is 16.8. The molecule has 25 heavy (non-hydrogen) atoms. The maximum Gasteiger partial charge on any atom is 0.229 e. The summed E-state index contributed by atoms with van der Waals surface area (Å²) in [5.41, 5.74) is 3.31. The molecule has 3 rings (SSSR count). The van der Waals surface area contributed by atoms with E-state index >= 15 is 0 Å². The Balaban J connectivity index is 1.94. The summed E-state index contributed by atoms with van der Waals surface area (Å²) in [6.45, 7) is 5.62. The quantitative estimate of drug-likeness (QED) is 0.707. The number of aldehydes is 1. The number of rotatable bonds is 3. The van der Waals surface area contributed by atoms with Gasteiger partial charge in [-0.05, 0) is 24.3 Å². The molecule has 1 N–H and O–H groups in total. The zero-order chi connectivity index (χ0) is 18.0. The van der Waals surface area contributed by atoms with Crippen LogP contribution in [0.1, 0.15) is 31.1 Å². The molecule has 0 saturated carbocycles. The van der Waals surface area contributed by atoms with Crippen molar-refractivity contribution < 1.29 is 9.59 Å². The Hall–Kier alpha value is -3.01. The Morgan fingerprint density at radius 1 is 1.04 bits per heavy atom. The molecule has 126 valence electrons. The molecule has 0 aliphatic carbocycles. The van der Waals surface area contributed by atoms with Crippen LogP contribution in [-0.2, 0) is 4.79 Å². The molecule has 0 unspecified atom stereocenters. The van der Waals surface area contributed by atoms with Gasteiger partial charge in [0.2, 0.25) is 5.91 Å². The van der Waals surface area contributed by atoms with Crippen molar-refractivity contribution in [2.75, 3.05) is 5.32 Å². The molecule has 4 nitrogen and oxygen atoms in total. The van der Waals surface area contributed by atoms with E-state index in [1.54, 1.807) is 6.07 Å². The summed E-state index contributed by atoms with van der Waals surface area (Å²) in [5.74, 6) is -0.0349. The van der Waals surface area contributed by atoms with Crippen LogP contribution in [0.2, 0.25) is 0 Å². The summed E-state index contributed by atoms with van der Waals surface area (Å²) in [6.07, 6.45) is 0.853. The highest BCUT2D eigenvalue weighted by Crippen LogP contribution is 2.25. The second-order valence-electron chi connectivity index (χ2n) is 7.01.